The fourth-order valence-corrected chi connectivity index (χ4v) is 3.65. The van der Waals surface area contributed by atoms with Crippen molar-refractivity contribution in [2.75, 3.05) is 43.1 Å². The van der Waals surface area contributed by atoms with Crippen molar-refractivity contribution in [1.29, 1.82) is 0 Å². The molecule has 2 aromatic rings. The molecule has 2 aliphatic rings. The van der Waals surface area contributed by atoms with Crippen LogP contribution in [0, 0.1) is 0 Å². The summed E-state index contributed by atoms with van der Waals surface area (Å²) in [6.07, 6.45) is -4.21. The molecule has 2 aromatic carbocycles. The van der Waals surface area contributed by atoms with E-state index in [0.29, 0.717) is 43.3 Å². The van der Waals surface area contributed by atoms with Crippen LogP contribution in [0.15, 0.2) is 48.0 Å². The predicted octanol–water partition coefficient (Wildman–Crippen LogP) is 3.89. The van der Waals surface area contributed by atoms with Gasteiger partial charge in [0, 0.05) is 18.7 Å². The Balaban J connectivity index is 1.49. The number of nitrogens with one attached hydrogen (secondary N) is 1. The monoisotopic (exact) mass is 476 g/mol. The number of hydrogen-bond acceptors (Lipinski definition) is 6. The van der Waals surface area contributed by atoms with Gasteiger partial charge in [0.1, 0.15) is 12.4 Å². The third kappa shape index (κ3) is 5.33. The van der Waals surface area contributed by atoms with Gasteiger partial charge in [0.15, 0.2) is 6.10 Å². The molecule has 1 unspecified atom stereocenters. The zero-order chi connectivity index (χ0) is 24.3. The van der Waals surface area contributed by atoms with Crippen molar-refractivity contribution in [2.45, 2.75) is 19.2 Å². The van der Waals surface area contributed by atoms with E-state index >= 15 is 0 Å². The molecule has 0 aliphatic carbocycles. The first kappa shape index (κ1) is 23.6. The summed E-state index contributed by atoms with van der Waals surface area (Å²) in [5.74, 6) is -0.862. The molecule has 180 valence electrons. The number of anilines is 2. The molecule has 1 atom stereocenters. The molecule has 1 N–H and O–H groups in total. The Kier molecular flexibility index (Phi) is 6.78. The molecule has 0 radical (unpaired) electrons. The molecule has 1 saturated heterocycles. The van der Waals surface area contributed by atoms with Crippen LogP contribution < -0.4 is 15.0 Å². The lowest BCUT2D eigenvalue weighted by molar-refractivity contribution is -0.149. The molecule has 10 heteroatoms. The summed E-state index contributed by atoms with van der Waals surface area (Å²) in [7, 11) is 0. The van der Waals surface area contributed by atoms with Gasteiger partial charge in [-0.2, -0.15) is 13.2 Å². The number of benzene rings is 2. The Labute approximate surface area is 194 Å². The van der Waals surface area contributed by atoms with Gasteiger partial charge in [0.2, 0.25) is 0 Å². The average Bonchev–Trinajstić information content (AvgIpc) is 2.83. The van der Waals surface area contributed by atoms with Crippen LogP contribution >= 0.6 is 0 Å². The van der Waals surface area contributed by atoms with Gasteiger partial charge in [0.25, 0.3) is 5.91 Å². The van der Waals surface area contributed by atoms with E-state index < -0.39 is 29.7 Å². The van der Waals surface area contributed by atoms with Crippen LogP contribution in [-0.2, 0) is 25.2 Å². The maximum Gasteiger partial charge on any atom is 0.416 e. The van der Waals surface area contributed by atoms with Gasteiger partial charge in [-0.05, 0) is 37.3 Å². The number of ether oxygens (including phenoxy) is 3. The highest BCUT2D eigenvalue weighted by molar-refractivity contribution is 6.00. The molecule has 0 aromatic heterocycles. The lowest BCUT2D eigenvalue weighted by Gasteiger charge is -2.31. The van der Waals surface area contributed by atoms with Crippen LogP contribution in [0.2, 0.25) is 0 Å². The van der Waals surface area contributed by atoms with Crippen molar-refractivity contribution < 1.29 is 37.0 Å². The highest BCUT2D eigenvalue weighted by atomic mass is 19.4. The number of fused-ring (bicyclic) bond motifs is 1. The summed E-state index contributed by atoms with van der Waals surface area (Å²) < 4.78 is 56.0. The number of alkyl halides is 3. The summed E-state index contributed by atoms with van der Waals surface area (Å²) >= 11 is 0. The fourth-order valence-electron chi connectivity index (χ4n) is 3.65. The van der Waals surface area contributed by atoms with Gasteiger partial charge >= 0.3 is 12.1 Å². The second-order valence-electron chi connectivity index (χ2n) is 7.86. The first-order valence-corrected chi connectivity index (χ1v) is 10.7. The van der Waals surface area contributed by atoms with E-state index in [9.17, 15) is 22.8 Å². The molecule has 2 aliphatic heterocycles. The van der Waals surface area contributed by atoms with Gasteiger partial charge in [-0.25, -0.2) is 4.79 Å². The Morgan fingerprint density at radius 2 is 1.85 bits per heavy atom. The molecule has 7 nitrogen and oxygen atoms in total. The van der Waals surface area contributed by atoms with Gasteiger partial charge < -0.3 is 24.4 Å². The summed E-state index contributed by atoms with van der Waals surface area (Å²) in [5.41, 5.74) is 0.456. The lowest BCUT2D eigenvalue weighted by atomic mass is 10.1. The zero-order valence-electron chi connectivity index (χ0n) is 18.4. The van der Waals surface area contributed by atoms with E-state index in [2.05, 4.69) is 5.32 Å². The molecule has 34 heavy (non-hydrogen) atoms. The molecular formula is C24H23F3N2O5. The predicted molar refractivity (Wildman–Crippen MR) is 119 cm³/mol. The topological polar surface area (TPSA) is 77.1 Å². The molecule has 2 heterocycles. The quantitative estimate of drug-likeness (QED) is 0.660. The number of morpholine rings is 1. The first-order chi connectivity index (χ1) is 16.2. The molecule has 4 rings (SSSR count). The number of para-hydroxylation sites is 1. The highest BCUT2D eigenvalue weighted by Gasteiger charge is 2.32. The second-order valence-corrected chi connectivity index (χ2v) is 7.86. The van der Waals surface area contributed by atoms with Crippen molar-refractivity contribution in [3.05, 3.63) is 59.2 Å². The SMILES string of the molecule is CC(OC(=O)C1=Cc2ccccc2OC1)C(=O)Nc1cc(C(F)(F)F)ccc1N1CCOCC1. The van der Waals surface area contributed by atoms with E-state index in [1.54, 1.807) is 30.3 Å². The standard InChI is InChI=1S/C24H23F3N2O5/c1-15(34-23(31)17-12-16-4-2-3-5-21(16)33-14-17)22(30)28-19-13-18(24(25,26)27)6-7-20(19)29-8-10-32-11-9-29/h2-7,12-13,15H,8-11,14H2,1H3,(H,28,30). The summed E-state index contributed by atoms with van der Waals surface area (Å²) in [6.45, 7) is 3.11. The molecule has 1 fully saturated rings. The highest BCUT2D eigenvalue weighted by Crippen LogP contribution is 2.36. The molecule has 0 spiro atoms. The Morgan fingerprint density at radius 1 is 1.12 bits per heavy atom. The lowest BCUT2D eigenvalue weighted by Crippen LogP contribution is -2.37. The van der Waals surface area contributed by atoms with E-state index in [1.807, 2.05) is 4.90 Å². The van der Waals surface area contributed by atoms with Crippen LogP contribution in [-0.4, -0.2) is 50.9 Å². The average molecular weight is 476 g/mol. The van der Waals surface area contributed by atoms with E-state index in [0.717, 1.165) is 12.1 Å². The number of hydrogen-bond donors (Lipinski definition) is 1. The Bertz CT molecular complexity index is 1110. The molecular weight excluding hydrogens is 453 g/mol. The van der Waals surface area contributed by atoms with Gasteiger partial charge in [0.05, 0.1) is 35.7 Å². The van der Waals surface area contributed by atoms with E-state index in [-0.39, 0.29) is 17.9 Å². The maximum atomic E-state index is 13.3. The van der Waals surface area contributed by atoms with Crippen LogP contribution in [0.25, 0.3) is 6.08 Å². The number of nitrogens with zero attached hydrogens (tertiary/aromatic N) is 1. The van der Waals surface area contributed by atoms with Crippen LogP contribution in [0.1, 0.15) is 18.1 Å². The van der Waals surface area contributed by atoms with Crippen LogP contribution in [0.4, 0.5) is 24.5 Å². The van der Waals surface area contributed by atoms with Crippen LogP contribution in [0.3, 0.4) is 0 Å². The molecule has 1 amide bonds. The number of amides is 1. The van der Waals surface area contributed by atoms with E-state index in [4.69, 9.17) is 14.2 Å². The number of halogens is 3. The van der Waals surface area contributed by atoms with Gasteiger partial charge in [-0.3, -0.25) is 4.79 Å². The van der Waals surface area contributed by atoms with Crippen LogP contribution in [0.5, 0.6) is 5.75 Å². The fraction of sp³-hybridized carbons (Fsp3) is 0.333. The van der Waals surface area contributed by atoms with Gasteiger partial charge in [-0.15, -0.1) is 0 Å². The normalized spacial score (nSPS) is 16.6. The Morgan fingerprint density at radius 3 is 2.59 bits per heavy atom. The molecule has 0 saturated carbocycles. The third-order valence-electron chi connectivity index (χ3n) is 5.48. The smallest absolute Gasteiger partial charge is 0.416 e. The minimum Gasteiger partial charge on any atom is -0.488 e. The minimum absolute atomic E-state index is 0.0149. The minimum atomic E-state index is -4.58. The van der Waals surface area contributed by atoms with Crippen molar-refractivity contribution in [2.24, 2.45) is 0 Å². The number of esters is 1. The summed E-state index contributed by atoms with van der Waals surface area (Å²) in [5, 5.41) is 2.49. The molecule has 0 bridgehead atoms. The largest absolute Gasteiger partial charge is 0.488 e. The zero-order valence-corrected chi connectivity index (χ0v) is 18.4. The van der Waals surface area contributed by atoms with E-state index in [1.165, 1.54) is 13.0 Å². The third-order valence-corrected chi connectivity index (χ3v) is 5.48. The number of carbonyl (C=O) groups is 2. The number of rotatable bonds is 5. The second kappa shape index (κ2) is 9.76. The Hall–Kier alpha value is -3.53. The summed E-state index contributed by atoms with van der Waals surface area (Å²) in [6, 6.07) is 10.3. The van der Waals surface area contributed by atoms with Crippen molar-refractivity contribution in [3.8, 4) is 5.75 Å². The maximum absolute atomic E-state index is 13.3. The summed E-state index contributed by atoms with van der Waals surface area (Å²) in [4.78, 5) is 27.1. The first-order valence-electron chi connectivity index (χ1n) is 10.7. The van der Waals surface area contributed by atoms with Crippen molar-refractivity contribution in [3.63, 3.8) is 0 Å². The number of carbonyl (C=O) groups excluding carboxylic acids is 2. The van der Waals surface area contributed by atoms with Gasteiger partial charge in [-0.1, -0.05) is 18.2 Å². The van der Waals surface area contributed by atoms with Crippen molar-refractivity contribution >= 4 is 29.3 Å². The van der Waals surface area contributed by atoms with Crippen molar-refractivity contribution in [1.82, 2.24) is 0 Å².